The molecule has 2 rings (SSSR count). The number of phenolic OH excluding ortho intramolecular Hbond substituents is 1. The number of hydrogen-bond donors (Lipinski definition) is 1. The Morgan fingerprint density at radius 1 is 1.12 bits per heavy atom. The molecule has 1 radical (unpaired) electrons. The Morgan fingerprint density at radius 3 is 2.36 bits per heavy atom. The topological polar surface area (TPSA) is 152 Å². The SMILES string of the molecule is COc1cccc(/C=N/N=C(\[O-])c2ccccc2O)c1[O-].C[O-].[O-2].[V]. The number of rotatable bonds is 4. The first-order valence-corrected chi connectivity index (χ1v) is 6.44. The van der Waals surface area contributed by atoms with Gasteiger partial charge in [0.1, 0.15) is 11.5 Å². The smallest absolute Gasteiger partial charge is 0.123 e. The van der Waals surface area contributed by atoms with Crippen LogP contribution >= 0.6 is 0 Å². The van der Waals surface area contributed by atoms with Crippen LogP contribution in [0.4, 0.5) is 0 Å². The monoisotopic (exact) mass is 382 g/mol. The fourth-order valence-corrected chi connectivity index (χ4v) is 1.65. The van der Waals surface area contributed by atoms with Crippen LogP contribution in [0.15, 0.2) is 52.7 Å². The first-order chi connectivity index (χ1) is 11.1. The molecular formula is C16H15N2O6V-5. The van der Waals surface area contributed by atoms with Gasteiger partial charge in [0.05, 0.1) is 13.3 Å². The Labute approximate surface area is 156 Å². The summed E-state index contributed by atoms with van der Waals surface area (Å²) in [4.78, 5) is 0. The third-order valence-corrected chi connectivity index (χ3v) is 2.71. The van der Waals surface area contributed by atoms with Gasteiger partial charge >= 0.3 is 0 Å². The van der Waals surface area contributed by atoms with Gasteiger partial charge < -0.3 is 30.6 Å². The maximum Gasteiger partial charge on any atom is 0.123 e. The minimum atomic E-state index is -0.695. The second-order valence-electron chi connectivity index (χ2n) is 4.05. The third-order valence-electron chi connectivity index (χ3n) is 2.71. The van der Waals surface area contributed by atoms with Crippen LogP contribution in [0.2, 0.25) is 0 Å². The molecule has 8 nitrogen and oxygen atoms in total. The third kappa shape index (κ3) is 6.86. The van der Waals surface area contributed by atoms with Gasteiger partial charge in [0.2, 0.25) is 0 Å². The van der Waals surface area contributed by atoms with Crippen molar-refractivity contribution in [3.05, 3.63) is 53.6 Å². The van der Waals surface area contributed by atoms with Gasteiger partial charge in [-0.15, -0.1) is 0 Å². The van der Waals surface area contributed by atoms with Crippen LogP contribution in [-0.4, -0.2) is 31.4 Å². The van der Waals surface area contributed by atoms with Crippen molar-refractivity contribution in [1.82, 2.24) is 0 Å². The molecule has 2 aromatic carbocycles. The van der Waals surface area contributed by atoms with E-state index in [4.69, 9.17) is 9.84 Å². The van der Waals surface area contributed by atoms with Gasteiger partial charge in [-0.25, -0.2) is 0 Å². The molecule has 0 saturated carbocycles. The van der Waals surface area contributed by atoms with Crippen LogP contribution < -0.4 is 20.1 Å². The van der Waals surface area contributed by atoms with E-state index in [0.29, 0.717) is 0 Å². The summed E-state index contributed by atoms with van der Waals surface area (Å²) in [6, 6.07) is 10.7. The first kappa shape index (κ1) is 24.7. The van der Waals surface area contributed by atoms with E-state index < -0.39 is 5.90 Å². The molecule has 25 heavy (non-hydrogen) atoms. The molecule has 0 aliphatic heterocycles. The predicted octanol–water partition coefficient (Wildman–Crippen LogP) is -0.529. The molecule has 0 fully saturated rings. The maximum absolute atomic E-state index is 11.8. The summed E-state index contributed by atoms with van der Waals surface area (Å²) in [6.07, 6.45) is 1.17. The summed E-state index contributed by atoms with van der Waals surface area (Å²) in [5.74, 6) is -1.02. The van der Waals surface area contributed by atoms with E-state index in [1.807, 2.05) is 0 Å². The zero-order valence-corrected chi connectivity index (χ0v) is 14.8. The number of aromatic hydroxyl groups is 1. The van der Waals surface area contributed by atoms with E-state index in [1.54, 1.807) is 18.2 Å². The van der Waals surface area contributed by atoms with E-state index in [1.165, 1.54) is 37.6 Å². The molecule has 0 aromatic heterocycles. The van der Waals surface area contributed by atoms with Crippen LogP contribution in [-0.2, 0) is 24.0 Å². The molecule has 2 aromatic rings. The second-order valence-corrected chi connectivity index (χ2v) is 4.05. The Balaban J connectivity index is 0. The summed E-state index contributed by atoms with van der Waals surface area (Å²) in [5, 5.41) is 48.3. The van der Waals surface area contributed by atoms with E-state index in [9.17, 15) is 15.3 Å². The van der Waals surface area contributed by atoms with E-state index >= 15 is 0 Å². The Bertz CT molecular complexity index is 707. The Kier molecular flexibility index (Phi) is 12.7. The molecule has 0 aliphatic carbocycles. The Morgan fingerprint density at radius 2 is 1.76 bits per heavy atom. The van der Waals surface area contributed by atoms with Gasteiger partial charge in [-0.1, -0.05) is 36.1 Å². The predicted molar refractivity (Wildman–Crippen MR) is 81.3 cm³/mol. The van der Waals surface area contributed by atoms with Crippen LogP contribution in [0, 0.1) is 0 Å². The average Bonchev–Trinajstić information content (AvgIpc) is 2.58. The first-order valence-electron chi connectivity index (χ1n) is 6.44. The van der Waals surface area contributed by atoms with Crippen molar-refractivity contribution >= 4 is 12.1 Å². The molecule has 9 heteroatoms. The number of methoxy groups -OCH3 is 1. The molecule has 0 aliphatic rings. The van der Waals surface area contributed by atoms with E-state index in [2.05, 4.69) is 10.2 Å². The fourth-order valence-electron chi connectivity index (χ4n) is 1.65. The van der Waals surface area contributed by atoms with Crippen LogP contribution in [0.1, 0.15) is 11.1 Å². The molecule has 0 heterocycles. The van der Waals surface area contributed by atoms with Crippen LogP contribution in [0.3, 0.4) is 0 Å². The maximum atomic E-state index is 11.8. The van der Waals surface area contributed by atoms with Crippen LogP contribution in [0.25, 0.3) is 0 Å². The molecule has 0 unspecified atom stereocenters. The number of para-hydroxylation sites is 2. The van der Waals surface area contributed by atoms with Crippen molar-refractivity contribution in [3.63, 3.8) is 0 Å². The van der Waals surface area contributed by atoms with Gasteiger partial charge in [-0.3, -0.25) is 0 Å². The van der Waals surface area contributed by atoms with Gasteiger partial charge in [-0.05, 0) is 17.7 Å². The van der Waals surface area contributed by atoms with E-state index in [-0.39, 0.29) is 52.4 Å². The van der Waals surface area contributed by atoms with Crippen LogP contribution in [0.5, 0.6) is 17.2 Å². The molecular weight excluding hydrogens is 367 g/mol. The van der Waals surface area contributed by atoms with Gasteiger partial charge in [0, 0.05) is 30.0 Å². The molecule has 0 spiro atoms. The summed E-state index contributed by atoms with van der Waals surface area (Å²) in [7, 11) is 2.14. The molecule has 1 N–H and O–H groups in total. The standard InChI is InChI=1S/C15H14N2O4.CH3O.O.V/c1-21-13-8-4-5-10(14(13)19)9-16-17-15(20)11-6-2-3-7-12(11)18;1-2;;/h2-9,18-19H,1H3,(H,17,20);1H3;;/q;-1;-2;/p-2/b16-9+;;;. The molecule has 0 atom stereocenters. The molecule has 0 saturated heterocycles. The van der Waals surface area contributed by atoms with Gasteiger partial charge in [-0.2, -0.15) is 17.3 Å². The number of ether oxygens (including phenoxy) is 1. The number of benzene rings is 2. The summed E-state index contributed by atoms with van der Waals surface area (Å²) in [6.45, 7) is 0. The quantitative estimate of drug-likeness (QED) is 0.428. The summed E-state index contributed by atoms with van der Waals surface area (Å²) < 4.78 is 4.89. The van der Waals surface area contributed by atoms with Crippen molar-refractivity contribution in [2.24, 2.45) is 10.2 Å². The van der Waals surface area contributed by atoms with Gasteiger partial charge in [0.25, 0.3) is 0 Å². The van der Waals surface area contributed by atoms with Crippen molar-refractivity contribution in [1.29, 1.82) is 0 Å². The summed E-state index contributed by atoms with van der Waals surface area (Å²) in [5.41, 5.74) is 0.297. The second kappa shape index (κ2) is 12.9. The zero-order valence-electron chi connectivity index (χ0n) is 13.4. The van der Waals surface area contributed by atoms with Gasteiger partial charge in [0.15, 0.2) is 0 Å². The van der Waals surface area contributed by atoms with Crippen molar-refractivity contribution in [3.8, 4) is 17.2 Å². The minimum Gasteiger partial charge on any atom is -2.00 e. The molecule has 0 bridgehead atoms. The van der Waals surface area contributed by atoms with Crippen molar-refractivity contribution < 1.29 is 49.2 Å². The van der Waals surface area contributed by atoms with E-state index in [0.717, 1.165) is 7.11 Å². The number of phenols is 1. The van der Waals surface area contributed by atoms with Crippen molar-refractivity contribution in [2.75, 3.05) is 14.2 Å². The number of hydrogen-bond acceptors (Lipinski definition) is 7. The minimum absolute atomic E-state index is 0. The Hall–Kier alpha value is -2.52. The summed E-state index contributed by atoms with van der Waals surface area (Å²) >= 11 is 0. The number of nitrogens with zero attached hydrogens (tertiary/aromatic N) is 2. The molecule has 0 amide bonds. The average molecular weight is 382 g/mol. The van der Waals surface area contributed by atoms with Crippen molar-refractivity contribution in [2.45, 2.75) is 0 Å². The largest absolute Gasteiger partial charge is 2.00 e. The normalized spacial score (nSPS) is 10.1. The molecule has 135 valence electrons. The zero-order chi connectivity index (χ0) is 17.2. The fraction of sp³-hybridized carbons (Fsp3) is 0.125.